The molecule has 4 rings (SSSR count). The number of hydrogen-bond acceptors (Lipinski definition) is 5. The van der Waals surface area contributed by atoms with E-state index in [2.05, 4.69) is 51.6 Å². The smallest absolute Gasteiger partial charge is 0.266 e. The fourth-order valence-electron chi connectivity index (χ4n) is 4.48. The molecule has 1 N–H and O–H groups in total. The van der Waals surface area contributed by atoms with Crippen molar-refractivity contribution >= 4 is 11.6 Å². The summed E-state index contributed by atoms with van der Waals surface area (Å²) in [5.41, 5.74) is 6.51. The SMILES string of the molecule is Cc1cc(C)c2c(c1)[C@@H](N(Cc1cc(CF)cc(CF)c1)c1nnn(C)n1)CCCN2. The van der Waals surface area contributed by atoms with Gasteiger partial charge in [-0.25, -0.2) is 8.78 Å². The van der Waals surface area contributed by atoms with E-state index in [0.29, 0.717) is 23.6 Å². The standard InChI is InChI=1S/C23H28F2N6/c1-15-7-16(2)22-20(8-15)21(5-4-6-26-22)31(23-27-29-30(3)28-23)14-19-10-17(12-24)9-18(11-19)13-25/h7-11,21,26H,4-6,12-14H2,1-3H3/t21-/m0/s1. The van der Waals surface area contributed by atoms with Crippen LogP contribution in [-0.2, 0) is 26.9 Å². The summed E-state index contributed by atoms with van der Waals surface area (Å²) in [5.74, 6) is 0.506. The topological polar surface area (TPSA) is 58.9 Å². The van der Waals surface area contributed by atoms with Crippen LogP contribution in [0.4, 0.5) is 20.4 Å². The van der Waals surface area contributed by atoms with Crippen LogP contribution in [0.5, 0.6) is 0 Å². The number of halogens is 2. The molecule has 3 aromatic rings. The number of benzene rings is 2. The Bertz CT molecular complexity index is 1040. The zero-order valence-electron chi connectivity index (χ0n) is 18.2. The number of aromatic nitrogens is 4. The van der Waals surface area contributed by atoms with E-state index in [0.717, 1.165) is 30.6 Å². The van der Waals surface area contributed by atoms with Crippen LogP contribution in [0.25, 0.3) is 0 Å². The maximum atomic E-state index is 13.4. The highest BCUT2D eigenvalue weighted by Gasteiger charge is 2.29. The third-order valence-electron chi connectivity index (χ3n) is 5.73. The van der Waals surface area contributed by atoms with Gasteiger partial charge in [0.2, 0.25) is 0 Å². The zero-order chi connectivity index (χ0) is 22.0. The molecule has 164 valence electrons. The summed E-state index contributed by atoms with van der Waals surface area (Å²) in [5, 5.41) is 16.4. The van der Waals surface area contributed by atoms with Crippen molar-refractivity contribution in [1.29, 1.82) is 0 Å². The minimum atomic E-state index is -0.626. The quantitative estimate of drug-likeness (QED) is 0.618. The first-order valence-electron chi connectivity index (χ1n) is 10.6. The number of alkyl halides is 2. The molecule has 0 amide bonds. The van der Waals surface area contributed by atoms with Crippen molar-refractivity contribution in [2.75, 3.05) is 16.8 Å². The van der Waals surface area contributed by atoms with Crippen LogP contribution in [0.15, 0.2) is 30.3 Å². The van der Waals surface area contributed by atoms with Gasteiger partial charge in [0.25, 0.3) is 5.95 Å². The Kier molecular flexibility index (Phi) is 6.15. The van der Waals surface area contributed by atoms with Crippen LogP contribution in [0.3, 0.4) is 0 Å². The first kappa shape index (κ1) is 21.2. The molecule has 6 nitrogen and oxygen atoms in total. The summed E-state index contributed by atoms with van der Waals surface area (Å²) < 4.78 is 26.8. The number of nitrogens with one attached hydrogen (secondary N) is 1. The van der Waals surface area contributed by atoms with Gasteiger partial charge in [0.15, 0.2) is 0 Å². The van der Waals surface area contributed by atoms with Gasteiger partial charge < -0.3 is 10.2 Å². The van der Waals surface area contributed by atoms with Crippen molar-refractivity contribution in [1.82, 2.24) is 20.2 Å². The van der Waals surface area contributed by atoms with Gasteiger partial charge in [-0.05, 0) is 59.7 Å². The van der Waals surface area contributed by atoms with E-state index in [1.807, 2.05) is 0 Å². The Labute approximate surface area is 181 Å². The highest BCUT2D eigenvalue weighted by atomic mass is 19.1. The number of anilines is 2. The van der Waals surface area contributed by atoms with Crippen LogP contribution in [-0.4, -0.2) is 26.8 Å². The van der Waals surface area contributed by atoms with E-state index in [1.165, 1.54) is 21.5 Å². The predicted molar refractivity (Wildman–Crippen MR) is 117 cm³/mol. The average Bonchev–Trinajstić information content (AvgIpc) is 3.07. The van der Waals surface area contributed by atoms with Crippen LogP contribution >= 0.6 is 0 Å². The van der Waals surface area contributed by atoms with E-state index in [-0.39, 0.29) is 6.04 Å². The molecule has 0 saturated heterocycles. The molecular formula is C23H28F2N6. The van der Waals surface area contributed by atoms with Gasteiger partial charge in [0.05, 0.1) is 13.1 Å². The van der Waals surface area contributed by atoms with Crippen molar-refractivity contribution in [2.45, 2.75) is 52.6 Å². The largest absolute Gasteiger partial charge is 0.385 e. The third-order valence-corrected chi connectivity index (χ3v) is 5.73. The number of nitrogens with zero attached hydrogens (tertiary/aromatic N) is 5. The fourth-order valence-corrected chi connectivity index (χ4v) is 4.48. The number of rotatable bonds is 6. The summed E-state index contributed by atoms with van der Waals surface area (Å²) >= 11 is 0. The molecule has 1 aromatic heterocycles. The molecule has 0 bridgehead atoms. The van der Waals surface area contributed by atoms with E-state index < -0.39 is 13.3 Å². The minimum Gasteiger partial charge on any atom is -0.385 e. The molecule has 31 heavy (non-hydrogen) atoms. The molecular weight excluding hydrogens is 398 g/mol. The Morgan fingerprint density at radius 3 is 2.42 bits per heavy atom. The van der Waals surface area contributed by atoms with Gasteiger partial charge in [-0.1, -0.05) is 41.0 Å². The minimum absolute atomic E-state index is 0.00987. The summed E-state index contributed by atoms with van der Waals surface area (Å²) in [4.78, 5) is 3.54. The maximum absolute atomic E-state index is 13.4. The number of fused-ring (bicyclic) bond motifs is 1. The van der Waals surface area contributed by atoms with Gasteiger partial charge in [-0.3, -0.25) is 0 Å². The van der Waals surface area contributed by atoms with Crippen LogP contribution in [0.2, 0.25) is 0 Å². The molecule has 2 heterocycles. The molecule has 0 radical (unpaired) electrons. The second-order valence-corrected chi connectivity index (χ2v) is 8.26. The normalized spacial score (nSPS) is 15.8. The predicted octanol–water partition coefficient (Wildman–Crippen LogP) is 4.72. The Hall–Kier alpha value is -3.03. The third kappa shape index (κ3) is 4.52. The molecule has 0 saturated carbocycles. The molecule has 1 aliphatic rings. The zero-order valence-corrected chi connectivity index (χ0v) is 18.2. The van der Waals surface area contributed by atoms with Crippen molar-refractivity contribution < 1.29 is 8.78 Å². The Morgan fingerprint density at radius 2 is 1.77 bits per heavy atom. The molecule has 1 atom stereocenters. The molecule has 8 heteroatoms. The van der Waals surface area contributed by atoms with Gasteiger partial charge in [-0.15, -0.1) is 5.10 Å². The molecule has 0 aliphatic carbocycles. The summed E-state index contributed by atoms with van der Waals surface area (Å²) in [6, 6.07) is 9.55. The number of tetrazole rings is 1. The lowest BCUT2D eigenvalue weighted by atomic mass is 9.95. The number of aryl methyl sites for hydroxylation is 3. The van der Waals surface area contributed by atoms with Crippen molar-refractivity contribution in [3.05, 3.63) is 63.7 Å². The molecule has 0 spiro atoms. The van der Waals surface area contributed by atoms with Crippen molar-refractivity contribution in [2.24, 2.45) is 7.05 Å². The highest BCUT2D eigenvalue weighted by molar-refractivity contribution is 5.62. The highest BCUT2D eigenvalue weighted by Crippen LogP contribution is 2.38. The lowest BCUT2D eigenvalue weighted by molar-refractivity contribution is 0.474. The van der Waals surface area contributed by atoms with Crippen LogP contribution in [0.1, 0.15) is 52.3 Å². The van der Waals surface area contributed by atoms with E-state index in [4.69, 9.17) is 0 Å². The summed E-state index contributed by atoms with van der Waals surface area (Å²) in [6.45, 7) is 4.28. The van der Waals surface area contributed by atoms with Crippen molar-refractivity contribution in [3.63, 3.8) is 0 Å². The van der Waals surface area contributed by atoms with Gasteiger partial charge in [0, 0.05) is 18.8 Å². The van der Waals surface area contributed by atoms with Gasteiger partial charge in [0.1, 0.15) is 13.3 Å². The first-order valence-corrected chi connectivity index (χ1v) is 10.6. The fraction of sp³-hybridized carbons (Fsp3) is 0.435. The van der Waals surface area contributed by atoms with Gasteiger partial charge in [-0.2, -0.15) is 4.80 Å². The number of hydrogen-bond donors (Lipinski definition) is 1. The second kappa shape index (κ2) is 8.99. The van der Waals surface area contributed by atoms with E-state index in [9.17, 15) is 8.78 Å². The first-order chi connectivity index (χ1) is 15.0. The summed E-state index contributed by atoms with van der Waals surface area (Å²) in [6.07, 6.45) is 1.88. The lowest BCUT2D eigenvalue weighted by Crippen LogP contribution is -2.30. The van der Waals surface area contributed by atoms with Crippen LogP contribution < -0.4 is 10.2 Å². The molecule has 1 aliphatic heterocycles. The Balaban J connectivity index is 1.80. The average molecular weight is 427 g/mol. The molecule has 2 aromatic carbocycles. The van der Waals surface area contributed by atoms with E-state index in [1.54, 1.807) is 25.2 Å². The van der Waals surface area contributed by atoms with Crippen LogP contribution in [0, 0.1) is 13.8 Å². The lowest BCUT2D eigenvalue weighted by Gasteiger charge is -2.32. The van der Waals surface area contributed by atoms with E-state index >= 15 is 0 Å². The molecule has 0 fully saturated rings. The van der Waals surface area contributed by atoms with Gasteiger partial charge >= 0.3 is 0 Å². The monoisotopic (exact) mass is 426 g/mol. The van der Waals surface area contributed by atoms with Crippen molar-refractivity contribution in [3.8, 4) is 0 Å². The second-order valence-electron chi connectivity index (χ2n) is 8.26. The Morgan fingerprint density at radius 1 is 1.06 bits per heavy atom. The molecule has 0 unspecified atom stereocenters. The maximum Gasteiger partial charge on any atom is 0.266 e. The summed E-state index contributed by atoms with van der Waals surface area (Å²) in [7, 11) is 1.73.